The van der Waals surface area contributed by atoms with Crippen molar-refractivity contribution in [2.75, 3.05) is 7.05 Å². The van der Waals surface area contributed by atoms with E-state index >= 15 is 0 Å². The molecule has 0 atom stereocenters. The summed E-state index contributed by atoms with van der Waals surface area (Å²) in [5, 5.41) is 0. The van der Waals surface area contributed by atoms with Gasteiger partial charge in [-0.3, -0.25) is 5.43 Å². The standard InChI is InChI=1S/C16H26N4/c1-13-8-10-14(11-9-13)12-20(2)16(19-17)18-15-6-4-3-5-7-15/h8-11,15H,3-7,12,17H2,1-2H3,(H,18,19). The molecule has 0 bridgehead atoms. The Labute approximate surface area is 122 Å². The molecule has 20 heavy (non-hydrogen) atoms. The topological polar surface area (TPSA) is 53.6 Å². The highest BCUT2D eigenvalue weighted by atomic mass is 15.4. The minimum absolute atomic E-state index is 0.426. The van der Waals surface area contributed by atoms with Crippen molar-refractivity contribution >= 4 is 5.96 Å². The van der Waals surface area contributed by atoms with Crippen LogP contribution in [0.25, 0.3) is 0 Å². The second-order valence-electron chi connectivity index (χ2n) is 5.73. The molecule has 0 heterocycles. The van der Waals surface area contributed by atoms with Crippen LogP contribution in [0.1, 0.15) is 43.2 Å². The summed E-state index contributed by atoms with van der Waals surface area (Å²) in [6.07, 6.45) is 6.28. The van der Waals surface area contributed by atoms with Gasteiger partial charge < -0.3 is 4.90 Å². The number of nitrogens with two attached hydrogens (primary N) is 1. The van der Waals surface area contributed by atoms with Crippen LogP contribution in [0.3, 0.4) is 0 Å². The average molecular weight is 274 g/mol. The number of hydrazine groups is 1. The molecule has 1 aliphatic carbocycles. The molecule has 3 N–H and O–H groups in total. The van der Waals surface area contributed by atoms with E-state index in [2.05, 4.69) is 41.5 Å². The van der Waals surface area contributed by atoms with Crippen molar-refractivity contribution in [3.05, 3.63) is 35.4 Å². The third-order valence-electron chi connectivity index (χ3n) is 3.91. The van der Waals surface area contributed by atoms with Crippen molar-refractivity contribution in [2.24, 2.45) is 10.8 Å². The normalized spacial score (nSPS) is 17.1. The van der Waals surface area contributed by atoms with Gasteiger partial charge >= 0.3 is 0 Å². The van der Waals surface area contributed by atoms with Crippen LogP contribution in [0.4, 0.5) is 0 Å². The van der Waals surface area contributed by atoms with Crippen molar-refractivity contribution in [2.45, 2.75) is 51.6 Å². The zero-order valence-electron chi connectivity index (χ0n) is 12.6. The number of rotatable bonds is 3. The van der Waals surface area contributed by atoms with Gasteiger partial charge in [0.25, 0.3) is 0 Å². The molecule has 0 saturated heterocycles. The molecule has 0 aromatic heterocycles. The number of nitrogens with zero attached hydrogens (tertiary/aromatic N) is 2. The molecule has 1 fully saturated rings. The average Bonchev–Trinajstić information content (AvgIpc) is 2.48. The predicted octanol–water partition coefficient (Wildman–Crippen LogP) is 2.58. The number of hydrogen-bond acceptors (Lipinski definition) is 2. The maximum Gasteiger partial charge on any atom is 0.208 e. The van der Waals surface area contributed by atoms with Gasteiger partial charge in [-0.2, -0.15) is 0 Å². The van der Waals surface area contributed by atoms with Gasteiger partial charge in [0, 0.05) is 13.6 Å². The lowest BCUT2D eigenvalue weighted by Gasteiger charge is -2.24. The molecule has 0 amide bonds. The second-order valence-corrected chi connectivity index (χ2v) is 5.73. The minimum atomic E-state index is 0.426. The summed E-state index contributed by atoms with van der Waals surface area (Å²) in [5.41, 5.74) is 5.31. The first-order valence-electron chi connectivity index (χ1n) is 7.50. The number of aryl methyl sites for hydroxylation is 1. The summed E-state index contributed by atoms with van der Waals surface area (Å²) in [5.74, 6) is 6.44. The number of benzene rings is 1. The van der Waals surface area contributed by atoms with E-state index in [1.807, 2.05) is 7.05 Å². The quantitative estimate of drug-likeness (QED) is 0.385. The van der Waals surface area contributed by atoms with Crippen LogP contribution in [0.5, 0.6) is 0 Å². The van der Waals surface area contributed by atoms with E-state index in [1.54, 1.807) is 0 Å². The van der Waals surface area contributed by atoms with E-state index in [1.165, 1.54) is 43.2 Å². The van der Waals surface area contributed by atoms with Gasteiger partial charge in [-0.1, -0.05) is 49.1 Å². The molecule has 4 heteroatoms. The van der Waals surface area contributed by atoms with Gasteiger partial charge in [0.05, 0.1) is 6.04 Å². The highest BCUT2D eigenvalue weighted by Crippen LogP contribution is 2.20. The van der Waals surface area contributed by atoms with Crippen LogP contribution < -0.4 is 11.3 Å². The van der Waals surface area contributed by atoms with Crippen LogP contribution in [0.2, 0.25) is 0 Å². The molecule has 1 saturated carbocycles. The Morgan fingerprint density at radius 3 is 2.50 bits per heavy atom. The van der Waals surface area contributed by atoms with E-state index < -0.39 is 0 Å². The molecular formula is C16H26N4. The molecule has 1 aromatic rings. The van der Waals surface area contributed by atoms with Gasteiger partial charge in [0.2, 0.25) is 5.96 Å². The zero-order chi connectivity index (χ0) is 14.4. The summed E-state index contributed by atoms with van der Waals surface area (Å²) >= 11 is 0. The third-order valence-corrected chi connectivity index (χ3v) is 3.91. The number of nitrogens with one attached hydrogen (secondary N) is 1. The Morgan fingerprint density at radius 1 is 1.25 bits per heavy atom. The Morgan fingerprint density at radius 2 is 1.90 bits per heavy atom. The molecule has 1 aliphatic rings. The van der Waals surface area contributed by atoms with Gasteiger partial charge in [-0.25, -0.2) is 10.8 Å². The van der Waals surface area contributed by atoms with Crippen molar-refractivity contribution in [3.63, 3.8) is 0 Å². The maximum absolute atomic E-state index is 5.65. The SMILES string of the molecule is Cc1ccc(CN(C)C(=NC2CCCCC2)NN)cc1. The molecule has 110 valence electrons. The van der Waals surface area contributed by atoms with Gasteiger partial charge in [0.15, 0.2) is 0 Å². The minimum Gasteiger partial charge on any atom is -0.341 e. The van der Waals surface area contributed by atoms with E-state index in [0.717, 1.165) is 12.5 Å². The fraction of sp³-hybridized carbons (Fsp3) is 0.562. The molecule has 0 aliphatic heterocycles. The lowest BCUT2D eigenvalue weighted by molar-refractivity contribution is 0.423. The molecule has 0 spiro atoms. The zero-order valence-corrected chi connectivity index (χ0v) is 12.6. The number of aliphatic imine (C=N–C) groups is 1. The predicted molar refractivity (Wildman–Crippen MR) is 84.3 cm³/mol. The number of hydrogen-bond donors (Lipinski definition) is 2. The van der Waals surface area contributed by atoms with Crippen LogP contribution in [0, 0.1) is 6.92 Å². The lowest BCUT2D eigenvalue weighted by atomic mass is 9.96. The Bertz CT molecular complexity index is 432. The smallest absolute Gasteiger partial charge is 0.208 e. The van der Waals surface area contributed by atoms with Crippen molar-refractivity contribution < 1.29 is 0 Å². The van der Waals surface area contributed by atoms with Gasteiger partial charge in [-0.05, 0) is 25.3 Å². The third kappa shape index (κ3) is 4.23. The van der Waals surface area contributed by atoms with Crippen LogP contribution in [0.15, 0.2) is 29.3 Å². The van der Waals surface area contributed by atoms with E-state index in [9.17, 15) is 0 Å². The molecule has 4 nitrogen and oxygen atoms in total. The summed E-state index contributed by atoms with van der Waals surface area (Å²) in [7, 11) is 2.03. The van der Waals surface area contributed by atoms with Gasteiger partial charge in [0.1, 0.15) is 0 Å². The molecule has 0 radical (unpaired) electrons. The van der Waals surface area contributed by atoms with Crippen molar-refractivity contribution in [3.8, 4) is 0 Å². The Kier molecular flexibility index (Phi) is 5.41. The lowest BCUT2D eigenvalue weighted by Crippen LogP contribution is -2.43. The summed E-state index contributed by atoms with van der Waals surface area (Å²) in [6, 6.07) is 9.00. The van der Waals surface area contributed by atoms with Gasteiger partial charge in [-0.15, -0.1) is 0 Å². The highest BCUT2D eigenvalue weighted by Gasteiger charge is 2.14. The summed E-state index contributed by atoms with van der Waals surface area (Å²) < 4.78 is 0. The van der Waals surface area contributed by atoms with E-state index in [4.69, 9.17) is 10.8 Å². The number of guanidine groups is 1. The molecular weight excluding hydrogens is 248 g/mol. The van der Waals surface area contributed by atoms with E-state index in [-0.39, 0.29) is 0 Å². The van der Waals surface area contributed by atoms with Crippen molar-refractivity contribution in [1.82, 2.24) is 10.3 Å². The molecule has 0 unspecified atom stereocenters. The first-order chi connectivity index (χ1) is 9.69. The second kappa shape index (κ2) is 7.29. The Balaban J connectivity index is 1.98. The molecule has 1 aromatic carbocycles. The van der Waals surface area contributed by atoms with Crippen molar-refractivity contribution in [1.29, 1.82) is 0 Å². The van der Waals surface area contributed by atoms with Crippen LogP contribution in [-0.4, -0.2) is 23.9 Å². The molecule has 2 rings (SSSR count). The first-order valence-corrected chi connectivity index (χ1v) is 7.50. The first kappa shape index (κ1) is 14.9. The Hall–Kier alpha value is -1.55. The highest BCUT2D eigenvalue weighted by molar-refractivity contribution is 5.79. The summed E-state index contributed by atoms with van der Waals surface area (Å²) in [6.45, 7) is 2.92. The van der Waals surface area contributed by atoms with E-state index in [0.29, 0.717) is 6.04 Å². The fourth-order valence-corrected chi connectivity index (χ4v) is 2.67. The maximum atomic E-state index is 5.65. The summed E-state index contributed by atoms with van der Waals surface area (Å²) in [4.78, 5) is 6.86. The van der Waals surface area contributed by atoms with Crippen LogP contribution in [-0.2, 0) is 6.54 Å². The fourth-order valence-electron chi connectivity index (χ4n) is 2.67. The van der Waals surface area contributed by atoms with Crippen LogP contribution >= 0.6 is 0 Å². The monoisotopic (exact) mass is 274 g/mol. The largest absolute Gasteiger partial charge is 0.341 e.